The molecular weight excluding hydrogens is 405 g/mol. The van der Waals surface area contributed by atoms with E-state index in [-0.39, 0.29) is 17.8 Å². The minimum atomic E-state index is -0.236. The summed E-state index contributed by atoms with van der Waals surface area (Å²) in [4.78, 5) is 22.1. The van der Waals surface area contributed by atoms with E-state index in [1.165, 1.54) is 17.7 Å². The SMILES string of the molecule is O=C(c1cccnc1N1CCC(OCc2ccc(F)cc2)CC1)N1CCc2ccccc21. The lowest BCUT2D eigenvalue weighted by Crippen LogP contribution is -2.39. The van der Waals surface area contributed by atoms with E-state index in [9.17, 15) is 9.18 Å². The monoisotopic (exact) mass is 431 g/mol. The van der Waals surface area contributed by atoms with Gasteiger partial charge in [0, 0.05) is 31.5 Å². The zero-order chi connectivity index (χ0) is 21.9. The number of carbonyl (C=O) groups is 1. The van der Waals surface area contributed by atoms with Crippen molar-refractivity contribution in [3.05, 3.63) is 89.4 Å². The van der Waals surface area contributed by atoms with Gasteiger partial charge in [0.15, 0.2) is 0 Å². The highest BCUT2D eigenvalue weighted by Gasteiger charge is 2.29. The molecule has 5 rings (SSSR count). The smallest absolute Gasteiger partial charge is 0.262 e. The van der Waals surface area contributed by atoms with E-state index in [2.05, 4.69) is 16.0 Å². The molecule has 0 aliphatic carbocycles. The van der Waals surface area contributed by atoms with E-state index in [1.54, 1.807) is 18.3 Å². The zero-order valence-corrected chi connectivity index (χ0v) is 17.9. The van der Waals surface area contributed by atoms with Crippen LogP contribution in [0.1, 0.15) is 34.3 Å². The number of aromatic nitrogens is 1. The van der Waals surface area contributed by atoms with Gasteiger partial charge in [-0.1, -0.05) is 30.3 Å². The molecule has 1 amide bonds. The quantitative estimate of drug-likeness (QED) is 0.592. The third-order valence-electron chi connectivity index (χ3n) is 6.29. The van der Waals surface area contributed by atoms with Crippen molar-refractivity contribution >= 4 is 17.4 Å². The number of hydrogen-bond acceptors (Lipinski definition) is 4. The number of halogens is 1. The highest BCUT2D eigenvalue weighted by Crippen LogP contribution is 2.31. The van der Waals surface area contributed by atoms with Crippen molar-refractivity contribution in [2.45, 2.75) is 32.0 Å². The first-order valence-corrected chi connectivity index (χ1v) is 11.1. The topological polar surface area (TPSA) is 45.7 Å². The van der Waals surface area contributed by atoms with E-state index in [1.807, 2.05) is 35.2 Å². The van der Waals surface area contributed by atoms with Gasteiger partial charge in [-0.3, -0.25) is 4.79 Å². The number of amides is 1. The number of benzene rings is 2. The molecule has 5 nitrogen and oxygen atoms in total. The standard InChI is InChI=1S/C26H26FN3O2/c27-21-9-7-19(8-10-21)18-32-22-12-15-29(16-13-22)25-23(5-3-14-28-25)26(31)30-17-11-20-4-1-2-6-24(20)30/h1-10,14,22H,11-13,15-18H2. The van der Waals surface area contributed by atoms with E-state index in [0.717, 1.165) is 49.4 Å². The third-order valence-corrected chi connectivity index (χ3v) is 6.29. The van der Waals surface area contributed by atoms with Crippen molar-refractivity contribution in [3.8, 4) is 0 Å². The Kier molecular flexibility index (Phi) is 5.86. The number of hydrogen-bond donors (Lipinski definition) is 0. The minimum absolute atomic E-state index is 0.00716. The van der Waals surface area contributed by atoms with Crippen molar-refractivity contribution in [1.29, 1.82) is 0 Å². The zero-order valence-electron chi connectivity index (χ0n) is 17.9. The Labute approximate surface area is 187 Å². The molecule has 2 aliphatic heterocycles. The molecule has 0 atom stereocenters. The van der Waals surface area contributed by atoms with Crippen LogP contribution in [0.15, 0.2) is 66.9 Å². The Morgan fingerprint density at radius 2 is 1.78 bits per heavy atom. The summed E-state index contributed by atoms with van der Waals surface area (Å²) >= 11 is 0. The number of nitrogens with zero attached hydrogens (tertiary/aromatic N) is 3. The molecule has 32 heavy (non-hydrogen) atoms. The molecule has 6 heteroatoms. The van der Waals surface area contributed by atoms with Crippen LogP contribution in [0.5, 0.6) is 0 Å². The average Bonchev–Trinajstić information content (AvgIpc) is 3.28. The second-order valence-electron chi connectivity index (χ2n) is 8.33. The fraction of sp³-hybridized carbons (Fsp3) is 0.308. The summed E-state index contributed by atoms with van der Waals surface area (Å²) in [5, 5.41) is 0. The first kappa shape index (κ1) is 20.6. The number of pyridine rings is 1. The van der Waals surface area contributed by atoms with Gasteiger partial charge in [0.2, 0.25) is 0 Å². The number of carbonyl (C=O) groups excluding carboxylic acids is 1. The summed E-state index contributed by atoms with van der Waals surface area (Å²) in [6.07, 6.45) is 4.50. The summed E-state index contributed by atoms with van der Waals surface area (Å²) in [6.45, 7) is 2.74. The van der Waals surface area contributed by atoms with E-state index >= 15 is 0 Å². The summed E-state index contributed by atoms with van der Waals surface area (Å²) in [6, 6.07) is 18.2. The van der Waals surface area contributed by atoms with Crippen LogP contribution in [0.2, 0.25) is 0 Å². The van der Waals surface area contributed by atoms with Crippen LogP contribution in [-0.2, 0) is 17.8 Å². The normalized spacial score (nSPS) is 16.3. The number of anilines is 2. The molecule has 1 aromatic heterocycles. The lowest BCUT2D eigenvalue weighted by Gasteiger charge is -2.34. The van der Waals surface area contributed by atoms with Gasteiger partial charge in [-0.2, -0.15) is 0 Å². The van der Waals surface area contributed by atoms with Gasteiger partial charge in [-0.15, -0.1) is 0 Å². The number of rotatable bonds is 5. The highest BCUT2D eigenvalue weighted by atomic mass is 19.1. The Hall–Kier alpha value is -3.25. The van der Waals surface area contributed by atoms with Gasteiger partial charge in [0.25, 0.3) is 5.91 Å². The van der Waals surface area contributed by atoms with Gasteiger partial charge in [-0.25, -0.2) is 9.37 Å². The van der Waals surface area contributed by atoms with Crippen molar-refractivity contribution < 1.29 is 13.9 Å². The molecule has 0 bridgehead atoms. The molecule has 2 aromatic carbocycles. The molecule has 3 aromatic rings. The number of fused-ring (bicyclic) bond motifs is 1. The van der Waals surface area contributed by atoms with Crippen LogP contribution in [0.25, 0.3) is 0 Å². The lowest BCUT2D eigenvalue weighted by atomic mass is 10.1. The van der Waals surface area contributed by atoms with Crippen LogP contribution >= 0.6 is 0 Å². The summed E-state index contributed by atoms with van der Waals surface area (Å²) in [5.74, 6) is 0.520. The lowest BCUT2D eigenvalue weighted by molar-refractivity contribution is 0.0250. The first-order valence-electron chi connectivity index (χ1n) is 11.1. The summed E-state index contributed by atoms with van der Waals surface area (Å²) < 4.78 is 19.1. The van der Waals surface area contributed by atoms with Gasteiger partial charge in [0.1, 0.15) is 11.6 Å². The molecule has 3 heterocycles. The van der Waals surface area contributed by atoms with Crippen molar-refractivity contribution in [2.75, 3.05) is 29.4 Å². The minimum Gasteiger partial charge on any atom is -0.373 e. The Bertz CT molecular complexity index is 1090. The summed E-state index contributed by atoms with van der Waals surface area (Å²) in [7, 11) is 0. The molecule has 2 aliphatic rings. The van der Waals surface area contributed by atoms with Gasteiger partial charge < -0.3 is 14.5 Å². The van der Waals surface area contributed by atoms with Crippen LogP contribution in [0, 0.1) is 5.82 Å². The van der Waals surface area contributed by atoms with Gasteiger partial charge >= 0.3 is 0 Å². The Balaban J connectivity index is 1.24. The average molecular weight is 432 g/mol. The molecule has 0 N–H and O–H groups in total. The van der Waals surface area contributed by atoms with Crippen molar-refractivity contribution in [3.63, 3.8) is 0 Å². The van der Waals surface area contributed by atoms with Gasteiger partial charge in [0.05, 0.1) is 18.3 Å². The molecule has 0 radical (unpaired) electrons. The first-order chi connectivity index (χ1) is 15.7. The Morgan fingerprint density at radius 3 is 2.59 bits per heavy atom. The second-order valence-corrected chi connectivity index (χ2v) is 8.33. The number of para-hydroxylation sites is 1. The van der Waals surface area contributed by atoms with Crippen molar-refractivity contribution in [1.82, 2.24) is 4.98 Å². The molecule has 1 saturated heterocycles. The fourth-order valence-electron chi connectivity index (χ4n) is 4.54. The highest BCUT2D eigenvalue weighted by molar-refractivity contribution is 6.10. The largest absolute Gasteiger partial charge is 0.373 e. The third kappa shape index (κ3) is 4.23. The second kappa shape index (κ2) is 9.09. The summed E-state index contributed by atoms with van der Waals surface area (Å²) in [5.41, 5.74) is 3.83. The molecule has 0 saturated carbocycles. The molecule has 0 spiro atoms. The van der Waals surface area contributed by atoms with Crippen LogP contribution < -0.4 is 9.80 Å². The maximum atomic E-state index is 13.4. The van der Waals surface area contributed by atoms with Crippen LogP contribution in [-0.4, -0.2) is 36.6 Å². The number of ether oxygens (including phenoxy) is 1. The van der Waals surface area contributed by atoms with E-state index < -0.39 is 0 Å². The maximum absolute atomic E-state index is 13.4. The predicted octanol–water partition coefficient (Wildman–Crippen LogP) is 4.61. The molecule has 1 fully saturated rings. The van der Waals surface area contributed by atoms with Crippen molar-refractivity contribution in [2.24, 2.45) is 0 Å². The van der Waals surface area contributed by atoms with E-state index in [0.29, 0.717) is 18.7 Å². The molecular formula is C26H26FN3O2. The fourth-order valence-corrected chi connectivity index (χ4v) is 4.54. The van der Waals surface area contributed by atoms with Crippen LogP contribution in [0.3, 0.4) is 0 Å². The van der Waals surface area contributed by atoms with E-state index in [4.69, 9.17) is 4.74 Å². The van der Waals surface area contributed by atoms with Gasteiger partial charge in [-0.05, 0) is 60.7 Å². The van der Waals surface area contributed by atoms with Crippen LogP contribution in [0.4, 0.5) is 15.9 Å². The number of piperidine rings is 1. The molecule has 164 valence electrons. The maximum Gasteiger partial charge on any atom is 0.262 e. The molecule has 0 unspecified atom stereocenters. The predicted molar refractivity (Wildman–Crippen MR) is 122 cm³/mol. The Morgan fingerprint density at radius 1 is 1.00 bits per heavy atom.